The predicted molar refractivity (Wildman–Crippen MR) is 42.0 cm³/mol. The van der Waals surface area contributed by atoms with E-state index in [4.69, 9.17) is 0 Å². The van der Waals surface area contributed by atoms with Crippen LogP contribution >= 0.6 is 0 Å². The summed E-state index contributed by atoms with van der Waals surface area (Å²) < 4.78 is 0. The number of carbonyl (C=O) groups is 1. The average molecular weight is 144 g/mol. The summed E-state index contributed by atoms with van der Waals surface area (Å²) in [5.41, 5.74) is 0. The number of hydrogen-bond acceptors (Lipinski definition) is 1. The molecular weight excluding hydrogens is 128 g/mol. The molecule has 0 bridgehead atoms. The summed E-state index contributed by atoms with van der Waals surface area (Å²) in [6, 6.07) is 0.0521. The van der Waals surface area contributed by atoms with E-state index in [9.17, 15) is 4.79 Å². The lowest BCUT2D eigenvalue weighted by molar-refractivity contribution is 0.199. The molecule has 1 rings (SSSR count). The third-order valence-corrected chi connectivity index (χ3v) is 1.29. The molecule has 0 aromatic heterocycles. The van der Waals surface area contributed by atoms with E-state index >= 15 is 0 Å². The van der Waals surface area contributed by atoms with Crippen LogP contribution in [0.3, 0.4) is 0 Å². The summed E-state index contributed by atoms with van der Waals surface area (Å²) in [7, 11) is 1.80. The fraction of sp³-hybridized carbons (Fsp3) is 0.857. The van der Waals surface area contributed by atoms with Crippen LogP contribution in [0.1, 0.15) is 20.3 Å². The van der Waals surface area contributed by atoms with Crippen molar-refractivity contribution in [2.75, 3.05) is 20.1 Å². The molecule has 1 fully saturated rings. The Balaban J connectivity index is 0.000000371. The van der Waals surface area contributed by atoms with Crippen molar-refractivity contribution < 1.29 is 4.79 Å². The second kappa shape index (κ2) is 5.09. The number of urea groups is 1. The molecule has 0 unspecified atom stereocenters. The van der Waals surface area contributed by atoms with Gasteiger partial charge in [0.2, 0.25) is 0 Å². The molecule has 3 nitrogen and oxygen atoms in total. The molecule has 60 valence electrons. The van der Waals surface area contributed by atoms with Crippen molar-refractivity contribution >= 4 is 6.03 Å². The number of nitrogens with zero attached hydrogens (tertiary/aromatic N) is 1. The van der Waals surface area contributed by atoms with Crippen LogP contribution in [0.4, 0.5) is 4.79 Å². The maximum atomic E-state index is 10.6. The minimum Gasteiger partial charge on any atom is -0.338 e. The van der Waals surface area contributed by atoms with Crippen LogP contribution < -0.4 is 5.32 Å². The van der Waals surface area contributed by atoms with Gasteiger partial charge in [-0.2, -0.15) is 0 Å². The lowest BCUT2D eigenvalue weighted by atomic mass is 10.3. The molecule has 0 aromatic carbocycles. The second-order valence-electron chi connectivity index (χ2n) is 2.01. The fourth-order valence-electron chi connectivity index (χ4n) is 0.748. The number of rotatable bonds is 0. The summed E-state index contributed by atoms with van der Waals surface area (Å²) in [6.45, 7) is 5.73. The quantitative estimate of drug-likeness (QED) is 0.541. The Labute approximate surface area is 62.4 Å². The number of carbonyl (C=O) groups excluding carboxylic acids is 1. The molecule has 0 spiro atoms. The van der Waals surface area contributed by atoms with Crippen molar-refractivity contribution in [3.8, 4) is 0 Å². The first kappa shape index (κ1) is 9.27. The highest BCUT2D eigenvalue weighted by Crippen LogP contribution is 1.92. The van der Waals surface area contributed by atoms with Crippen molar-refractivity contribution in [1.29, 1.82) is 0 Å². The Kier molecular flexibility index (Phi) is 4.72. The highest BCUT2D eigenvalue weighted by molar-refractivity contribution is 5.74. The summed E-state index contributed by atoms with van der Waals surface area (Å²) >= 11 is 0. The monoisotopic (exact) mass is 144 g/mol. The van der Waals surface area contributed by atoms with Crippen LogP contribution in [0, 0.1) is 0 Å². The van der Waals surface area contributed by atoms with Gasteiger partial charge in [0.05, 0.1) is 0 Å². The molecule has 0 radical (unpaired) electrons. The minimum absolute atomic E-state index is 0.0521. The van der Waals surface area contributed by atoms with Gasteiger partial charge in [-0.1, -0.05) is 13.8 Å². The third-order valence-electron chi connectivity index (χ3n) is 1.29. The van der Waals surface area contributed by atoms with Gasteiger partial charge in [-0.25, -0.2) is 4.79 Å². The zero-order valence-corrected chi connectivity index (χ0v) is 6.98. The summed E-state index contributed by atoms with van der Waals surface area (Å²) in [5.74, 6) is 0. The Morgan fingerprint density at radius 2 is 2.10 bits per heavy atom. The van der Waals surface area contributed by atoms with Crippen molar-refractivity contribution in [2.45, 2.75) is 20.3 Å². The molecule has 10 heavy (non-hydrogen) atoms. The van der Waals surface area contributed by atoms with Gasteiger partial charge < -0.3 is 10.2 Å². The van der Waals surface area contributed by atoms with Crippen LogP contribution in [-0.4, -0.2) is 31.1 Å². The van der Waals surface area contributed by atoms with Gasteiger partial charge in [0.25, 0.3) is 0 Å². The summed E-state index contributed by atoms with van der Waals surface area (Å²) in [4.78, 5) is 12.3. The molecule has 0 aromatic rings. The number of hydrogen-bond donors (Lipinski definition) is 1. The number of amides is 2. The van der Waals surface area contributed by atoms with Crippen molar-refractivity contribution in [2.24, 2.45) is 0 Å². The van der Waals surface area contributed by atoms with Gasteiger partial charge in [-0.05, 0) is 6.42 Å². The second-order valence-corrected chi connectivity index (χ2v) is 2.01. The maximum Gasteiger partial charge on any atom is 0.317 e. The largest absolute Gasteiger partial charge is 0.338 e. The highest BCUT2D eigenvalue weighted by Gasteiger charge is 2.10. The van der Waals surface area contributed by atoms with Crippen molar-refractivity contribution in [1.82, 2.24) is 10.2 Å². The lowest BCUT2D eigenvalue weighted by Crippen LogP contribution is -2.43. The van der Waals surface area contributed by atoms with Crippen LogP contribution in [0.15, 0.2) is 0 Å². The standard InChI is InChI=1S/C5H10N2O.C2H6/c1-7-4-2-3-6-5(7)8;1-2/h2-4H2,1H3,(H,6,8);1-2H3. The first-order valence-corrected chi connectivity index (χ1v) is 3.79. The number of nitrogens with one attached hydrogen (secondary N) is 1. The average Bonchev–Trinajstić information content (AvgIpc) is 2.00. The summed E-state index contributed by atoms with van der Waals surface area (Å²) in [6.07, 6.45) is 1.07. The molecule has 2 amide bonds. The molecule has 0 saturated carbocycles. The smallest absolute Gasteiger partial charge is 0.317 e. The van der Waals surface area contributed by atoms with Crippen LogP contribution in [0.5, 0.6) is 0 Å². The Hall–Kier alpha value is -0.730. The third kappa shape index (κ3) is 2.71. The van der Waals surface area contributed by atoms with Crippen molar-refractivity contribution in [3.63, 3.8) is 0 Å². The fourth-order valence-corrected chi connectivity index (χ4v) is 0.748. The lowest BCUT2D eigenvalue weighted by Gasteiger charge is -2.22. The molecule has 3 heteroatoms. The Morgan fingerprint density at radius 3 is 2.40 bits per heavy atom. The molecule has 0 aliphatic carbocycles. The first-order chi connectivity index (χ1) is 4.80. The van der Waals surface area contributed by atoms with Crippen LogP contribution in [-0.2, 0) is 0 Å². The van der Waals surface area contributed by atoms with Gasteiger partial charge in [0.15, 0.2) is 0 Å². The highest BCUT2D eigenvalue weighted by atomic mass is 16.2. The van der Waals surface area contributed by atoms with E-state index in [1.807, 2.05) is 13.8 Å². The Bertz CT molecular complexity index is 104. The molecule has 1 heterocycles. The Morgan fingerprint density at radius 1 is 1.50 bits per heavy atom. The van der Waals surface area contributed by atoms with E-state index in [-0.39, 0.29) is 6.03 Å². The molecule has 1 aliphatic heterocycles. The zero-order valence-electron chi connectivity index (χ0n) is 6.98. The van der Waals surface area contributed by atoms with Crippen molar-refractivity contribution in [3.05, 3.63) is 0 Å². The SMILES string of the molecule is CC.CN1CCCNC1=O. The van der Waals surface area contributed by atoms with E-state index in [0.29, 0.717) is 0 Å². The van der Waals surface area contributed by atoms with E-state index in [1.165, 1.54) is 0 Å². The van der Waals surface area contributed by atoms with Crippen LogP contribution in [0.25, 0.3) is 0 Å². The molecule has 1 N–H and O–H groups in total. The topological polar surface area (TPSA) is 32.3 Å². The summed E-state index contributed by atoms with van der Waals surface area (Å²) in [5, 5.41) is 2.72. The van der Waals surface area contributed by atoms with E-state index in [0.717, 1.165) is 19.5 Å². The molecule has 1 aliphatic rings. The predicted octanol–water partition coefficient (Wildman–Crippen LogP) is 1.06. The van der Waals surface area contributed by atoms with Gasteiger partial charge >= 0.3 is 6.03 Å². The van der Waals surface area contributed by atoms with Gasteiger partial charge in [-0.15, -0.1) is 0 Å². The normalized spacial score (nSPS) is 17.1. The minimum atomic E-state index is 0.0521. The zero-order chi connectivity index (χ0) is 7.98. The molecule has 0 atom stereocenters. The first-order valence-electron chi connectivity index (χ1n) is 3.79. The van der Waals surface area contributed by atoms with E-state index in [2.05, 4.69) is 5.32 Å². The van der Waals surface area contributed by atoms with Gasteiger partial charge in [0.1, 0.15) is 0 Å². The van der Waals surface area contributed by atoms with Gasteiger partial charge in [0, 0.05) is 20.1 Å². The molecular formula is C7H16N2O. The van der Waals surface area contributed by atoms with Gasteiger partial charge in [-0.3, -0.25) is 0 Å². The van der Waals surface area contributed by atoms with E-state index in [1.54, 1.807) is 11.9 Å². The maximum absolute atomic E-state index is 10.6. The van der Waals surface area contributed by atoms with E-state index < -0.39 is 0 Å². The van der Waals surface area contributed by atoms with Crippen LogP contribution in [0.2, 0.25) is 0 Å². The molecule has 1 saturated heterocycles.